The predicted molar refractivity (Wildman–Crippen MR) is 88.0 cm³/mol. The summed E-state index contributed by atoms with van der Waals surface area (Å²) in [5.74, 6) is -0.339. The smallest absolute Gasteiger partial charge is 0.314 e. The Morgan fingerprint density at radius 3 is 2.36 bits per heavy atom. The van der Waals surface area contributed by atoms with E-state index in [1.165, 1.54) is 12.4 Å². The Morgan fingerprint density at radius 1 is 1.12 bits per heavy atom. The van der Waals surface area contributed by atoms with E-state index in [9.17, 15) is 8.78 Å². The fourth-order valence-electron chi connectivity index (χ4n) is 2.36. The Morgan fingerprint density at radius 2 is 1.80 bits per heavy atom. The Labute approximate surface area is 143 Å². The van der Waals surface area contributed by atoms with E-state index in [0.717, 1.165) is 12.0 Å². The normalized spacial score (nSPS) is 13.6. The molecule has 8 heteroatoms. The van der Waals surface area contributed by atoms with Crippen LogP contribution in [0.15, 0.2) is 47.1 Å². The lowest BCUT2D eigenvalue weighted by molar-refractivity contribution is 0.116. The van der Waals surface area contributed by atoms with Crippen LogP contribution in [0.2, 0.25) is 0 Å². The summed E-state index contributed by atoms with van der Waals surface area (Å²) in [4.78, 5) is 8.46. The highest BCUT2D eigenvalue weighted by atomic mass is 19.3. The maximum atomic E-state index is 12.5. The van der Waals surface area contributed by atoms with Crippen LogP contribution in [0, 0.1) is 0 Å². The fraction of sp³-hybridized carbons (Fsp3) is 0.294. The summed E-state index contributed by atoms with van der Waals surface area (Å²) in [5.41, 5.74) is 1.15. The van der Waals surface area contributed by atoms with Crippen LogP contribution >= 0.6 is 0 Å². The van der Waals surface area contributed by atoms with Gasteiger partial charge in [0.1, 0.15) is 0 Å². The zero-order valence-corrected chi connectivity index (χ0v) is 13.8. The summed E-state index contributed by atoms with van der Waals surface area (Å²) in [6.07, 6.45) is 0.932. The zero-order chi connectivity index (χ0) is 17.9. The number of nitrogens with one attached hydrogen (secondary N) is 1. The second kappa shape index (κ2) is 6.92. The molecule has 0 aliphatic rings. The van der Waals surface area contributed by atoms with Crippen molar-refractivity contribution in [2.75, 3.05) is 5.32 Å². The molecule has 1 aromatic carbocycles. The first kappa shape index (κ1) is 16.9. The number of benzene rings is 1. The molecule has 0 radical (unpaired) electrons. The lowest BCUT2D eigenvalue weighted by Gasteiger charge is -2.30. The minimum absolute atomic E-state index is 0.0387. The number of anilines is 1. The average Bonchev–Trinajstić information content (AvgIpc) is 3.13. The van der Waals surface area contributed by atoms with Crippen molar-refractivity contribution in [2.45, 2.75) is 32.2 Å². The van der Waals surface area contributed by atoms with Crippen molar-refractivity contribution < 1.29 is 13.2 Å². The van der Waals surface area contributed by atoms with Gasteiger partial charge in [-0.2, -0.15) is 8.78 Å². The van der Waals surface area contributed by atoms with Crippen molar-refractivity contribution in [1.29, 1.82) is 0 Å². The van der Waals surface area contributed by atoms with Crippen LogP contribution in [0.5, 0.6) is 0 Å². The molecule has 2 heterocycles. The quantitative estimate of drug-likeness (QED) is 0.721. The molecule has 1 unspecified atom stereocenters. The molecule has 0 saturated carbocycles. The van der Waals surface area contributed by atoms with E-state index in [0.29, 0.717) is 11.5 Å². The molecule has 3 rings (SSSR count). The number of rotatable bonds is 6. The minimum Gasteiger partial charge on any atom is -0.415 e. The Kier molecular flexibility index (Phi) is 4.69. The maximum Gasteiger partial charge on any atom is 0.314 e. The first-order valence-electron chi connectivity index (χ1n) is 7.79. The van der Waals surface area contributed by atoms with Gasteiger partial charge in [-0.3, -0.25) is 0 Å². The molecule has 0 fully saturated rings. The van der Waals surface area contributed by atoms with Crippen LogP contribution in [-0.4, -0.2) is 20.2 Å². The molecule has 130 valence electrons. The highest BCUT2D eigenvalue weighted by Crippen LogP contribution is 2.28. The van der Waals surface area contributed by atoms with Crippen LogP contribution < -0.4 is 5.32 Å². The number of hydrogen-bond donors (Lipinski definition) is 1. The summed E-state index contributed by atoms with van der Waals surface area (Å²) in [6, 6.07) is 9.99. The van der Waals surface area contributed by atoms with Crippen LogP contribution in [-0.2, 0) is 5.54 Å². The third-order valence-corrected chi connectivity index (χ3v) is 4.03. The summed E-state index contributed by atoms with van der Waals surface area (Å²) >= 11 is 0. The molecule has 0 spiro atoms. The first-order chi connectivity index (χ1) is 12.0. The van der Waals surface area contributed by atoms with Crippen molar-refractivity contribution in [1.82, 2.24) is 20.2 Å². The fourth-order valence-corrected chi connectivity index (χ4v) is 2.36. The van der Waals surface area contributed by atoms with Gasteiger partial charge < -0.3 is 9.73 Å². The molecular formula is C17H17F2N5O. The lowest BCUT2D eigenvalue weighted by Crippen LogP contribution is -2.31. The molecule has 25 heavy (non-hydrogen) atoms. The van der Waals surface area contributed by atoms with Crippen molar-refractivity contribution in [3.05, 3.63) is 54.2 Å². The molecule has 0 aliphatic heterocycles. The number of nitrogens with zero attached hydrogens (tertiary/aromatic N) is 4. The van der Waals surface area contributed by atoms with Crippen LogP contribution in [0.25, 0.3) is 11.5 Å². The van der Waals surface area contributed by atoms with Crippen LogP contribution in [0.3, 0.4) is 0 Å². The Bertz CT molecular complexity index is 823. The van der Waals surface area contributed by atoms with Crippen LogP contribution in [0.4, 0.5) is 14.7 Å². The Balaban J connectivity index is 1.80. The molecule has 1 N–H and O–H groups in total. The van der Waals surface area contributed by atoms with Crippen molar-refractivity contribution >= 4 is 5.95 Å². The average molecular weight is 345 g/mol. The summed E-state index contributed by atoms with van der Waals surface area (Å²) in [6.45, 7) is 4.13. The molecule has 0 aliphatic carbocycles. The molecule has 6 nitrogen and oxygen atoms in total. The number of hydrogen-bond acceptors (Lipinski definition) is 6. The third kappa shape index (κ3) is 3.62. The van der Waals surface area contributed by atoms with Gasteiger partial charge in [-0.15, -0.1) is 10.2 Å². The van der Waals surface area contributed by atoms with Gasteiger partial charge in [-0.05, 0) is 18.9 Å². The highest BCUT2D eigenvalue weighted by Gasteiger charge is 2.25. The standard InChI is InChI=1S/C17H17F2N5O/c1-3-17(2,12-7-5-4-6-8-12)22-16-20-9-11(10-21-16)14-23-24-15(25-14)13(18)19/h4-10,13H,3H2,1-2H3,(H,20,21,22). The minimum atomic E-state index is -2.81. The predicted octanol–water partition coefficient (Wildman–Crippen LogP) is 4.20. The van der Waals surface area contributed by atoms with E-state index < -0.39 is 12.3 Å². The van der Waals surface area contributed by atoms with E-state index in [1.807, 2.05) is 30.3 Å². The van der Waals surface area contributed by atoms with Gasteiger partial charge in [0.15, 0.2) is 0 Å². The third-order valence-electron chi connectivity index (χ3n) is 4.03. The molecule has 0 amide bonds. The van der Waals surface area contributed by atoms with Gasteiger partial charge in [-0.25, -0.2) is 9.97 Å². The van der Waals surface area contributed by atoms with Crippen LogP contribution in [0.1, 0.15) is 38.1 Å². The van der Waals surface area contributed by atoms with Crippen molar-refractivity contribution in [2.24, 2.45) is 0 Å². The number of alkyl halides is 2. The molecule has 0 saturated heterocycles. The maximum absolute atomic E-state index is 12.5. The number of halogens is 2. The van der Waals surface area contributed by atoms with Gasteiger partial charge in [0.05, 0.1) is 11.1 Å². The molecule has 2 aromatic heterocycles. The van der Waals surface area contributed by atoms with Gasteiger partial charge in [0.2, 0.25) is 5.95 Å². The molecule has 0 bridgehead atoms. The van der Waals surface area contributed by atoms with Crippen molar-refractivity contribution in [3.8, 4) is 11.5 Å². The van der Waals surface area contributed by atoms with Gasteiger partial charge >= 0.3 is 6.43 Å². The number of aromatic nitrogens is 4. The summed E-state index contributed by atoms with van der Waals surface area (Å²) in [7, 11) is 0. The Hall–Kier alpha value is -2.90. The van der Waals surface area contributed by atoms with E-state index in [2.05, 4.69) is 39.3 Å². The van der Waals surface area contributed by atoms with E-state index in [4.69, 9.17) is 4.42 Å². The highest BCUT2D eigenvalue weighted by molar-refractivity contribution is 5.50. The monoisotopic (exact) mass is 345 g/mol. The lowest BCUT2D eigenvalue weighted by atomic mass is 9.89. The van der Waals surface area contributed by atoms with E-state index in [1.54, 1.807) is 0 Å². The zero-order valence-electron chi connectivity index (χ0n) is 13.8. The molecular weight excluding hydrogens is 328 g/mol. The topological polar surface area (TPSA) is 76.7 Å². The SMILES string of the molecule is CCC(C)(Nc1ncc(-c2nnc(C(F)F)o2)cn1)c1ccccc1. The van der Waals surface area contributed by atoms with Gasteiger partial charge in [0, 0.05) is 12.4 Å². The molecule has 1 atom stereocenters. The van der Waals surface area contributed by atoms with Crippen molar-refractivity contribution in [3.63, 3.8) is 0 Å². The van der Waals surface area contributed by atoms with Gasteiger partial charge in [0.25, 0.3) is 11.8 Å². The second-order valence-electron chi connectivity index (χ2n) is 5.72. The second-order valence-corrected chi connectivity index (χ2v) is 5.72. The first-order valence-corrected chi connectivity index (χ1v) is 7.79. The molecule has 3 aromatic rings. The summed E-state index contributed by atoms with van der Waals surface area (Å²) in [5, 5.41) is 10.2. The largest absolute Gasteiger partial charge is 0.415 e. The van der Waals surface area contributed by atoms with E-state index in [-0.39, 0.29) is 11.4 Å². The van der Waals surface area contributed by atoms with E-state index >= 15 is 0 Å². The van der Waals surface area contributed by atoms with Gasteiger partial charge in [-0.1, -0.05) is 37.3 Å². The summed E-state index contributed by atoms with van der Waals surface area (Å²) < 4.78 is 29.9.